The summed E-state index contributed by atoms with van der Waals surface area (Å²) in [5.41, 5.74) is 1.08. The van der Waals surface area contributed by atoms with Gasteiger partial charge in [-0.1, -0.05) is 17.8 Å². The van der Waals surface area contributed by atoms with Crippen LogP contribution in [0.4, 0.5) is 5.69 Å². The van der Waals surface area contributed by atoms with E-state index in [1.165, 1.54) is 43.0 Å². The minimum absolute atomic E-state index is 0.0833. The molecule has 2 N–H and O–H groups in total. The van der Waals surface area contributed by atoms with E-state index in [-0.39, 0.29) is 16.6 Å². The van der Waals surface area contributed by atoms with Crippen molar-refractivity contribution in [1.82, 2.24) is 14.1 Å². The van der Waals surface area contributed by atoms with Crippen molar-refractivity contribution < 1.29 is 22.7 Å². The smallest absolute Gasteiger partial charge is 0.360 e. The summed E-state index contributed by atoms with van der Waals surface area (Å²) in [6, 6.07) is 10.8. The van der Waals surface area contributed by atoms with Gasteiger partial charge in [0.2, 0.25) is 10.0 Å². The van der Waals surface area contributed by atoms with Crippen molar-refractivity contribution in [3.63, 3.8) is 0 Å². The number of imidazole rings is 1. The number of benzene rings is 1. The summed E-state index contributed by atoms with van der Waals surface area (Å²) in [5.74, 6) is -1.26. The first kappa shape index (κ1) is 23.8. The van der Waals surface area contributed by atoms with Gasteiger partial charge in [0.05, 0.1) is 10.4 Å². The van der Waals surface area contributed by atoms with Gasteiger partial charge >= 0.3 is 5.97 Å². The maximum absolute atomic E-state index is 12.6. The lowest BCUT2D eigenvalue weighted by molar-refractivity contribution is -0.123. The molecule has 0 radical (unpaired) electrons. The predicted octanol–water partition coefficient (Wildman–Crippen LogP) is 2.93. The van der Waals surface area contributed by atoms with Crippen LogP contribution in [0.3, 0.4) is 0 Å². The Balaban J connectivity index is 1.67. The molecule has 11 heteroatoms. The van der Waals surface area contributed by atoms with Gasteiger partial charge in [0.25, 0.3) is 5.91 Å². The number of sulfonamides is 1. The Kier molecular flexibility index (Phi) is 7.22. The quantitative estimate of drug-likeness (QED) is 0.379. The second-order valence-corrected chi connectivity index (χ2v) is 9.73. The van der Waals surface area contributed by atoms with Crippen molar-refractivity contribution in [2.24, 2.45) is 0 Å². The van der Waals surface area contributed by atoms with E-state index in [9.17, 15) is 18.0 Å². The summed E-state index contributed by atoms with van der Waals surface area (Å²) >= 11 is 1.39. The Morgan fingerprint density at radius 2 is 1.78 bits per heavy atom. The molecule has 0 saturated heterocycles. The number of hydrogen-bond acceptors (Lipinski definition) is 7. The van der Waals surface area contributed by atoms with Gasteiger partial charge in [-0.25, -0.2) is 22.9 Å². The van der Waals surface area contributed by atoms with Gasteiger partial charge in [-0.2, -0.15) is 0 Å². The van der Waals surface area contributed by atoms with Crippen LogP contribution in [-0.4, -0.2) is 48.1 Å². The summed E-state index contributed by atoms with van der Waals surface area (Å²) in [7, 11) is -3.63. The molecule has 2 heterocycles. The van der Waals surface area contributed by atoms with Crippen LogP contribution in [0.15, 0.2) is 58.7 Å². The SMILES string of the molecule is CSc1nc(C(=O)OC(C)C(=O)Nc2ccc(S(=O)(=O)NC(C)C)cc2)c2ccccn12. The average molecular weight is 477 g/mol. The number of carbonyl (C=O) groups is 2. The highest BCUT2D eigenvalue weighted by Gasteiger charge is 2.24. The minimum Gasteiger partial charge on any atom is -0.448 e. The number of thioether (sulfide) groups is 1. The number of ether oxygens (including phenoxy) is 1. The number of esters is 1. The summed E-state index contributed by atoms with van der Waals surface area (Å²) < 4.78 is 34.0. The molecule has 1 amide bonds. The molecule has 9 nitrogen and oxygen atoms in total. The zero-order valence-corrected chi connectivity index (χ0v) is 19.7. The maximum atomic E-state index is 12.6. The average Bonchev–Trinajstić information content (AvgIpc) is 3.12. The van der Waals surface area contributed by atoms with Crippen LogP contribution in [0.1, 0.15) is 31.3 Å². The highest BCUT2D eigenvalue weighted by atomic mass is 32.2. The minimum atomic E-state index is -3.63. The number of pyridine rings is 1. The number of nitrogens with one attached hydrogen (secondary N) is 2. The van der Waals surface area contributed by atoms with Gasteiger partial charge in [-0.05, 0) is 63.4 Å². The van der Waals surface area contributed by atoms with Crippen LogP contribution in [0.2, 0.25) is 0 Å². The number of nitrogens with zero attached hydrogens (tertiary/aromatic N) is 2. The van der Waals surface area contributed by atoms with Crippen LogP contribution in [0, 0.1) is 0 Å². The third kappa shape index (κ3) is 5.29. The van der Waals surface area contributed by atoms with Gasteiger partial charge in [0.1, 0.15) is 0 Å². The molecule has 0 saturated carbocycles. The third-order valence-electron chi connectivity index (χ3n) is 4.37. The Hall–Kier alpha value is -2.89. The van der Waals surface area contributed by atoms with Crippen molar-refractivity contribution in [2.45, 2.75) is 43.0 Å². The molecule has 0 fully saturated rings. The number of fused-ring (bicyclic) bond motifs is 1. The fourth-order valence-corrected chi connectivity index (χ4v) is 4.70. The zero-order chi connectivity index (χ0) is 23.5. The number of aromatic nitrogens is 2. The van der Waals surface area contributed by atoms with E-state index in [0.717, 1.165) is 0 Å². The van der Waals surface area contributed by atoms with Gasteiger partial charge in [0.15, 0.2) is 17.0 Å². The molecule has 0 bridgehead atoms. The zero-order valence-electron chi connectivity index (χ0n) is 18.0. The first-order valence-corrected chi connectivity index (χ1v) is 12.5. The van der Waals surface area contributed by atoms with E-state index < -0.39 is 28.0 Å². The molecular weight excluding hydrogens is 452 g/mol. The van der Waals surface area contributed by atoms with Crippen molar-refractivity contribution >= 4 is 44.9 Å². The first-order chi connectivity index (χ1) is 15.1. The van der Waals surface area contributed by atoms with Gasteiger partial charge in [-0.3, -0.25) is 9.20 Å². The topological polar surface area (TPSA) is 119 Å². The van der Waals surface area contributed by atoms with Crippen LogP contribution in [0.25, 0.3) is 5.52 Å². The Morgan fingerprint density at radius 1 is 1.09 bits per heavy atom. The molecule has 32 heavy (non-hydrogen) atoms. The fraction of sp³-hybridized carbons (Fsp3) is 0.286. The number of amides is 1. The van der Waals surface area contributed by atoms with E-state index in [1.807, 2.05) is 12.3 Å². The molecule has 170 valence electrons. The van der Waals surface area contributed by atoms with Crippen molar-refractivity contribution in [3.8, 4) is 0 Å². The van der Waals surface area contributed by atoms with E-state index in [2.05, 4.69) is 15.0 Å². The van der Waals surface area contributed by atoms with Crippen LogP contribution in [0.5, 0.6) is 0 Å². The molecule has 1 unspecified atom stereocenters. The fourth-order valence-electron chi connectivity index (χ4n) is 2.91. The lowest BCUT2D eigenvalue weighted by Gasteiger charge is -2.14. The first-order valence-electron chi connectivity index (χ1n) is 9.77. The van der Waals surface area contributed by atoms with E-state index in [0.29, 0.717) is 16.4 Å². The Labute approximate surface area is 190 Å². The lowest BCUT2D eigenvalue weighted by Crippen LogP contribution is -2.31. The number of anilines is 1. The number of carbonyl (C=O) groups excluding carboxylic acids is 2. The predicted molar refractivity (Wildman–Crippen MR) is 122 cm³/mol. The summed E-state index contributed by atoms with van der Waals surface area (Å²) in [6.45, 7) is 4.90. The molecule has 2 aromatic heterocycles. The van der Waals surface area contributed by atoms with E-state index in [1.54, 1.807) is 36.6 Å². The summed E-state index contributed by atoms with van der Waals surface area (Å²) in [4.78, 5) is 29.5. The van der Waals surface area contributed by atoms with Crippen molar-refractivity contribution in [3.05, 3.63) is 54.4 Å². The Bertz CT molecular complexity index is 1240. The molecule has 0 aliphatic rings. The standard InChI is InChI=1S/C21H24N4O5S2/c1-13(2)24-32(28,29)16-10-8-15(9-11-16)22-19(26)14(3)30-20(27)18-17-7-5-6-12-25(17)21(23-18)31-4/h5-14,24H,1-4H3,(H,22,26). The molecule has 1 aromatic carbocycles. The molecule has 3 aromatic rings. The number of hydrogen-bond donors (Lipinski definition) is 2. The highest BCUT2D eigenvalue weighted by molar-refractivity contribution is 7.98. The normalized spacial score (nSPS) is 12.7. The van der Waals surface area contributed by atoms with Crippen LogP contribution < -0.4 is 10.0 Å². The largest absolute Gasteiger partial charge is 0.448 e. The summed E-state index contributed by atoms with van der Waals surface area (Å²) in [5, 5.41) is 3.24. The molecule has 0 aliphatic heterocycles. The molecule has 0 aliphatic carbocycles. The molecule has 3 rings (SSSR count). The van der Waals surface area contributed by atoms with Gasteiger partial charge in [0, 0.05) is 17.9 Å². The van der Waals surface area contributed by atoms with E-state index >= 15 is 0 Å². The summed E-state index contributed by atoms with van der Waals surface area (Å²) in [6.07, 6.45) is 2.55. The lowest BCUT2D eigenvalue weighted by atomic mass is 10.3. The molecule has 0 spiro atoms. The Morgan fingerprint density at radius 3 is 2.41 bits per heavy atom. The monoisotopic (exact) mass is 476 g/mol. The van der Waals surface area contributed by atoms with Crippen molar-refractivity contribution in [2.75, 3.05) is 11.6 Å². The van der Waals surface area contributed by atoms with Crippen LogP contribution in [-0.2, 0) is 19.6 Å². The van der Waals surface area contributed by atoms with Gasteiger partial charge in [-0.15, -0.1) is 0 Å². The molecular formula is C21H24N4O5S2. The maximum Gasteiger partial charge on any atom is 0.360 e. The second-order valence-electron chi connectivity index (χ2n) is 7.24. The number of rotatable bonds is 8. The van der Waals surface area contributed by atoms with E-state index in [4.69, 9.17) is 4.74 Å². The van der Waals surface area contributed by atoms with Crippen molar-refractivity contribution in [1.29, 1.82) is 0 Å². The molecule has 1 atom stereocenters. The highest BCUT2D eigenvalue weighted by Crippen LogP contribution is 2.21. The van der Waals surface area contributed by atoms with Crippen LogP contribution >= 0.6 is 11.8 Å². The third-order valence-corrected chi connectivity index (χ3v) is 6.70. The van der Waals surface area contributed by atoms with Gasteiger partial charge < -0.3 is 10.1 Å². The second kappa shape index (κ2) is 9.72.